The third-order valence-corrected chi connectivity index (χ3v) is 4.09. The van der Waals surface area contributed by atoms with Crippen LogP contribution in [0, 0.1) is 0 Å². The molecule has 0 saturated heterocycles. The summed E-state index contributed by atoms with van der Waals surface area (Å²) in [5.74, 6) is 0.194. The van der Waals surface area contributed by atoms with Gasteiger partial charge in [-0.15, -0.1) is 0 Å². The number of aromatic nitrogens is 1. The lowest BCUT2D eigenvalue weighted by atomic mass is 10.2. The summed E-state index contributed by atoms with van der Waals surface area (Å²) in [5, 5.41) is 3.93. The maximum Gasteiger partial charge on any atom is 0.276 e. The quantitative estimate of drug-likeness (QED) is 0.572. The summed E-state index contributed by atoms with van der Waals surface area (Å²) in [5.41, 5.74) is 2.89. The van der Waals surface area contributed by atoms with Gasteiger partial charge < -0.3 is 9.30 Å². The molecule has 2 aromatic rings. The van der Waals surface area contributed by atoms with Crippen molar-refractivity contribution >= 4 is 28.1 Å². The lowest BCUT2D eigenvalue weighted by molar-refractivity contribution is 0.0953. The van der Waals surface area contributed by atoms with Crippen molar-refractivity contribution in [2.24, 2.45) is 5.10 Å². The predicted octanol–water partition coefficient (Wildman–Crippen LogP) is 3.74. The number of rotatable bonds is 6. The Morgan fingerprint density at radius 3 is 2.62 bits per heavy atom. The molecule has 0 fully saturated rings. The van der Waals surface area contributed by atoms with E-state index in [1.54, 1.807) is 12.3 Å². The van der Waals surface area contributed by atoms with E-state index < -0.39 is 5.91 Å². The second-order valence-electron chi connectivity index (χ2n) is 6.28. The Bertz CT molecular complexity index is 873. The number of nitrogens with one attached hydrogen (secondary N) is 1. The molecule has 0 saturated carbocycles. The van der Waals surface area contributed by atoms with Gasteiger partial charge in [-0.2, -0.15) is 5.10 Å². The van der Waals surface area contributed by atoms with E-state index in [-0.39, 0.29) is 23.3 Å². The summed E-state index contributed by atoms with van der Waals surface area (Å²) >= 11 is 3.45. The summed E-state index contributed by atoms with van der Waals surface area (Å²) in [7, 11) is 0. The van der Waals surface area contributed by atoms with Gasteiger partial charge in [-0.05, 0) is 79.5 Å². The Balaban J connectivity index is 2.09. The molecule has 0 bridgehead atoms. The molecule has 7 heteroatoms. The summed E-state index contributed by atoms with van der Waals surface area (Å²) in [4.78, 5) is 24.5. The number of benzene rings is 1. The fourth-order valence-corrected chi connectivity index (χ4v) is 2.75. The van der Waals surface area contributed by atoms with Crippen LogP contribution in [0.1, 0.15) is 49.7 Å². The Labute approximate surface area is 161 Å². The normalized spacial score (nSPS) is 11.3. The second kappa shape index (κ2) is 8.80. The van der Waals surface area contributed by atoms with Gasteiger partial charge in [0.2, 0.25) is 0 Å². The van der Waals surface area contributed by atoms with Crippen LogP contribution in [0.3, 0.4) is 0 Å². The predicted molar refractivity (Wildman–Crippen MR) is 106 cm³/mol. The molecule has 0 atom stereocenters. The van der Waals surface area contributed by atoms with Gasteiger partial charge in [-0.3, -0.25) is 9.59 Å². The molecular formula is C19H22BrN3O3. The minimum absolute atomic E-state index is 0.0253. The van der Waals surface area contributed by atoms with Crippen molar-refractivity contribution in [2.45, 2.75) is 39.8 Å². The molecule has 1 N–H and O–H groups in total. The lowest BCUT2D eigenvalue weighted by Gasteiger charge is -2.11. The molecule has 1 heterocycles. The number of carbonyl (C=O) groups is 1. The zero-order chi connectivity index (χ0) is 19.3. The van der Waals surface area contributed by atoms with Crippen molar-refractivity contribution in [1.29, 1.82) is 0 Å². The van der Waals surface area contributed by atoms with E-state index >= 15 is 0 Å². The Morgan fingerprint density at radius 1 is 1.27 bits per heavy atom. The number of nitrogens with zero attached hydrogens (tertiary/aromatic N) is 2. The zero-order valence-corrected chi connectivity index (χ0v) is 16.8. The van der Waals surface area contributed by atoms with E-state index in [9.17, 15) is 9.59 Å². The molecule has 6 nitrogen and oxygen atoms in total. The van der Waals surface area contributed by atoms with Crippen molar-refractivity contribution in [3.8, 4) is 5.75 Å². The number of hydrogen-bond donors (Lipinski definition) is 1. The van der Waals surface area contributed by atoms with Crippen molar-refractivity contribution in [3.05, 3.63) is 62.5 Å². The van der Waals surface area contributed by atoms with E-state index in [0.29, 0.717) is 0 Å². The molecule has 0 radical (unpaired) electrons. The molecule has 138 valence electrons. The average Bonchev–Trinajstić information content (AvgIpc) is 2.56. The van der Waals surface area contributed by atoms with Crippen molar-refractivity contribution in [1.82, 2.24) is 9.99 Å². The molecule has 0 aliphatic rings. The first kappa shape index (κ1) is 19.9. The number of hydrazone groups is 1. The molecule has 26 heavy (non-hydrogen) atoms. The fourth-order valence-electron chi connectivity index (χ4n) is 2.26. The van der Waals surface area contributed by atoms with E-state index in [2.05, 4.69) is 26.5 Å². The highest BCUT2D eigenvalue weighted by molar-refractivity contribution is 9.10. The average molecular weight is 420 g/mol. The van der Waals surface area contributed by atoms with Gasteiger partial charge in [-0.25, -0.2) is 5.43 Å². The SMILES string of the molecule is CC(C)Oc1ccc(/C=N\NC(=O)c2cccn(C(C)C)c2=O)cc1Br. The van der Waals surface area contributed by atoms with E-state index in [0.717, 1.165) is 15.8 Å². The van der Waals surface area contributed by atoms with Crippen LogP contribution in [0.5, 0.6) is 5.75 Å². The molecule has 0 spiro atoms. The fraction of sp³-hybridized carbons (Fsp3) is 0.316. The van der Waals surface area contributed by atoms with E-state index in [1.807, 2.05) is 45.9 Å². The van der Waals surface area contributed by atoms with Gasteiger partial charge in [0.05, 0.1) is 16.8 Å². The first-order valence-electron chi connectivity index (χ1n) is 8.30. The summed E-state index contributed by atoms with van der Waals surface area (Å²) < 4.78 is 7.94. The molecule has 0 aliphatic carbocycles. The highest BCUT2D eigenvalue weighted by Crippen LogP contribution is 2.26. The highest BCUT2D eigenvalue weighted by atomic mass is 79.9. The highest BCUT2D eigenvalue weighted by Gasteiger charge is 2.12. The molecular weight excluding hydrogens is 398 g/mol. The summed E-state index contributed by atoms with van der Waals surface area (Å²) in [6.45, 7) is 7.67. The van der Waals surface area contributed by atoms with Crippen LogP contribution in [0.2, 0.25) is 0 Å². The lowest BCUT2D eigenvalue weighted by Crippen LogP contribution is -2.31. The summed E-state index contributed by atoms with van der Waals surface area (Å²) in [6, 6.07) is 8.62. The van der Waals surface area contributed by atoms with Crippen LogP contribution in [0.25, 0.3) is 0 Å². The largest absolute Gasteiger partial charge is 0.490 e. The maximum absolute atomic E-state index is 12.3. The van der Waals surface area contributed by atoms with Crippen LogP contribution in [-0.2, 0) is 0 Å². The standard InChI is InChI=1S/C19H22BrN3O3/c1-12(2)23-9-5-6-15(19(23)25)18(24)22-21-11-14-7-8-17(16(20)10-14)26-13(3)4/h5-13H,1-4H3,(H,22,24)/b21-11-. The van der Waals surface area contributed by atoms with Gasteiger partial charge in [0.1, 0.15) is 11.3 Å². The number of amides is 1. The second-order valence-corrected chi connectivity index (χ2v) is 7.14. The first-order chi connectivity index (χ1) is 12.3. The van der Waals surface area contributed by atoms with Crippen LogP contribution < -0.4 is 15.7 Å². The summed E-state index contributed by atoms with van der Waals surface area (Å²) in [6.07, 6.45) is 3.24. The van der Waals surface area contributed by atoms with Crippen molar-refractivity contribution < 1.29 is 9.53 Å². The van der Waals surface area contributed by atoms with Gasteiger partial charge >= 0.3 is 0 Å². The Kier molecular flexibility index (Phi) is 6.74. The van der Waals surface area contributed by atoms with Crippen molar-refractivity contribution in [3.63, 3.8) is 0 Å². The van der Waals surface area contributed by atoms with Gasteiger partial charge in [-0.1, -0.05) is 0 Å². The van der Waals surface area contributed by atoms with Gasteiger partial charge in [0, 0.05) is 12.2 Å². The van der Waals surface area contributed by atoms with Crippen LogP contribution in [-0.4, -0.2) is 22.8 Å². The third-order valence-electron chi connectivity index (χ3n) is 3.47. The number of ether oxygens (including phenoxy) is 1. The molecule has 0 unspecified atom stereocenters. The monoisotopic (exact) mass is 419 g/mol. The van der Waals surface area contributed by atoms with Crippen molar-refractivity contribution in [2.75, 3.05) is 0 Å². The Hall–Kier alpha value is -2.41. The third kappa shape index (κ3) is 5.05. The van der Waals surface area contributed by atoms with Crippen LogP contribution in [0.15, 0.2) is 50.9 Å². The Morgan fingerprint density at radius 2 is 2.00 bits per heavy atom. The number of carbonyl (C=O) groups excluding carboxylic acids is 1. The molecule has 2 rings (SSSR count). The number of hydrogen-bond acceptors (Lipinski definition) is 4. The van der Waals surface area contributed by atoms with Gasteiger partial charge in [0.25, 0.3) is 11.5 Å². The number of halogens is 1. The molecule has 1 aromatic heterocycles. The molecule has 1 aromatic carbocycles. The van der Waals surface area contributed by atoms with Crippen LogP contribution in [0.4, 0.5) is 0 Å². The molecule has 0 aliphatic heterocycles. The topological polar surface area (TPSA) is 72.7 Å². The van der Waals surface area contributed by atoms with Gasteiger partial charge in [0.15, 0.2) is 0 Å². The minimum atomic E-state index is -0.542. The minimum Gasteiger partial charge on any atom is -0.490 e. The first-order valence-corrected chi connectivity index (χ1v) is 9.09. The maximum atomic E-state index is 12.3. The molecule has 1 amide bonds. The van der Waals surface area contributed by atoms with E-state index in [1.165, 1.54) is 16.8 Å². The zero-order valence-electron chi connectivity index (χ0n) is 15.2. The number of pyridine rings is 1. The smallest absolute Gasteiger partial charge is 0.276 e. The van der Waals surface area contributed by atoms with E-state index in [4.69, 9.17) is 4.74 Å². The van der Waals surface area contributed by atoms with Crippen LogP contribution >= 0.6 is 15.9 Å².